The molecule has 0 spiro atoms. The Morgan fingerprint density at radius 1 is 1.50 bits per heavy atom. The molecule has 0 atom stereocenters. The Kier molecular flexibility index (Phi) is 3.88. The van der Waals surface area contributed by atoms with Crippen LogP contribution in [0, 0.1) is 17.7 Å². The molecule has 1 aromatic rings. The first-order valence-corrected chi connectivity index (χ1v) is 5.90. The molecular weight excluding hydrogens is 231 g/mol. The van der Waals surface area contributed by atoms with Crippen molar-refractivity contribution >= 4 is 15.7 Å². The molecule has 0 radical (unpaired) electrons. The van der Waals surface area contributed by atoms with Crippen molar-refractivity contribution in [3.63, 3.8) is 0 Å². The first-order valence-electron chi connectivity index (χ1n) is 4.41. The van der Waals surface area contributed by atoms with E-state index in [4.69, 9.17) is 5.73 Å². The molecule has 0 aliphatic heterocycles. The minimum absolute atomic E-state index is 0.00432. The molecular formula is C10H11FN2O2S. The fourth-order valence-corrected chi connectivity index (χ4v) is 2.10. The molecule has 0 heterocycles. The third-order valence-corrected chi connectivity index (χ3v) is 3.26. The smallest absolute Gasteiger partial charge is 0.243 e. The third-order valence-electron chi connectivity index (χ3n) is 1.79. The second-order valence-corrected chi connectivity index (χ2v) is 4.67. The van der Waals surface area contributed by atoms with Crippen LogP contribution in [0.1, 0.15) is 6.92 Å². The van der Waals surface area contributed by atoms with Gasteiger partial charge in [0, 0.05) is 0 Å². The van der Waals surface area contributed by atoms with E-state index in [1.165, 1.54) is 0 Å². The zero-order valence-electron chi connectivity index (χ0n) is 8.62. The summed E-state index contributed by atoms with van der Waals surface area (Å²) in [6.45, 7) is 1.59. The minimum atomic E-state index is -3.72. The van der Waals surface area contributed by atoms with Crippen molar-refractivity contribution in [2.45, 2.75) is 11.8 Å². The van der Waals surface area contributed by atoms with E-state index in [1.54, 1.807) is 6.92 Å². The molecule has 6 heteroatoms. The average molecular weight is 242 g/mol. The molecule has 0 fully saturated rings. The van der Waals surface area contributed by atoms with Gasteiger partial charge in [0.2, 0.25) is 10.0 Å². The number of nitrogens with two attached hydrogens (primary N) is 1. The van der Waals surface area contributed by atoms with Crippen molar-refractivity contribution in [3.05, 3.63) is 24.0 Å². The molecule has 0 amide bonds. The Hall–Kier alpha value is -1.58. The van der Waals surface area contributed by atoms with Crippen LogP contribution < -0.4 is 10.5 Å². The van der Waals surface area contributed by atoms with Crippen LogP contribution in [-0.2, 0) is 10.0 Å². The van der Waals surface area contributed by atoms with E-state index in [0.29, 0.717) is 0 Å². The van der Waals surface area contributed by atoms with Crippen molar-refractivity contribution in [2.24, 2.45) is 0 Å². The van der Waals surface area contributed by atoms with Gasteiger partial charge in [-0.1, -0.05) is 5.92 Å². The Balaban J connectivity index is 3.01. The lowest BCUT2D eigenvalue weighted by atomic mass is 10.3. The number of hydrogen-bond donors (Lipinski definition) is 2. The summed E-state index contributed by atoms with van der Waals surface area (Å²) in [4.78, 5) is -0.146. The lowest BCUT2D eigenvalue weighted by Crippen LogP contribution is -2.24. The maximum absolute atomic E-state index is 12.7. The zero-order valence-corrected chi connectivity index (χ0v) is 9.44. The van der Waals surface area contributed by atoms with E-state index < -0.39 is 15.8 Å². The highest BCUT2D eigenvalue weighted by Gasteiger charge is 2.16. The Morgan fingerprint density at radius 2 is 2.19 bits per heavy atom. The van der Waals surface area contributed by atoms with E-state index in [-0.39, 0.29) is 17.1 Å². The summed E-state index contributed by atoms with van der Waals surface area (Å²) in [7, 11) is -3.72. The van der Waals surface area contributed by atoms with Crippen molar-refractivity contribution in [1.29, 1.82) is 0 Å². The Bertz CT molecular complexity index is 544. The summed E-state index contributed by atoms with van der Waals surface area (Å²) < 4.78 is 38.3. The molecule has 16 heavy (non-hydrogen) atoms. The van der Waals surface area contributed by atoms with Gasteiger partial charge in [0.05, 0.1) is 12.2 Å². The quantitative estimate of drug-likeness (QED) is 0.605. The fraction of sp³-hybridized carbons (Fsp3) is 0.200. The van der Waals surface area contributed by atoms with E-state index >= 15 is 0 Å². The van der Waals surface area contributed by atoms with E-state index in [9.17, 15) is 12.8 Å². The maximum atomic E-state index is 12.7. The monoisotopic (exact) mass is 242 g/mol. The molecule has 0 aliphatic rings. The fourth-order valence-electron chi connectivity index (χ4n) is 1.06. The van der Waals surface area contributed by atoms with Gasteiger partial charge in [-0.2, -0.15) is 4.72 Å². The molecule has 0 aromatic heterocycles. The molecule has 1 rings (SSSR count). The molecule has 0 saturated heterocycles. The molecule has 0 bridgehead atoms. The van der Waals surface area contributed by atoms with Crippen molar-refractivity contribution in [1.82, 2.24) is 4.72 Å². The zero-order chi connectivity index (χ0) is 12.2. The topological polar surface area (TPSA) is 72.2 Å². The third kappa shape index (κ3) is 2.95. The molecule has 1 aromatic carbocycles. The highest BCUT2D eigenvalue weighted by Crippen LogP contribution is 2.18. The molecule has 0 unspecified atom stereocenters. The van der Waals surface area contributed by atoms with Crippen LogP contribution in [0.5, 0.6) is 0 Å². The summed E-state index contributed by atoms with van der Waals surface area (Å²) >= 11 is 0. The lowest BCUT2D eigenvalue weighted by molar-refractivity contribution is 0.585. The minimum Gasteiger partial charge on any atom is -0.398 e. The average Bonchev–Trinajstić information content (AvgIpc) is 2.17. The number of benzene rings is 1. The van der Waals surface area contributed by atoms with Gasteiger partial charge in [-0.3, -0.25) is 0 Å². The number of rotatable bonds is 3. The van der Waals surface area contributed by atoms with Gasteiger partial charge < -0.3 is 5.73 Å². The highest BCUT2D eigenvalue weighted by atomic mass is 32.2. The van der Waals surface area contributed by atoms with Crippen molar-refractivity contribution < 1.29 is 12.8 Å². The van der Waals surface area contributed by atoms with Gasteiger partial charge in [-0.15, -0.1) is 5.92 Å². The number of anilines is 1. The van der Waals surface area contributed by atoms with Crippen LogP contribution in [0.3, 0.4) is 0 Å². The van der Waals surface area contributed by atoms with Gasteiger partial charge in [0.15, 0.2) is 0 Å². The van der Waals surface area contributed by atoms with Gasteiger partial charge >= 0.3 is 0 Å². The standard InChI is InChI=1S/C10H11FN2O2S/c1-2-3-6-13-16(14,15)10-5-4-8(11)7-9(10)12/h4-5,7,13H,6,12H2,1H3. The van der Waals surface area contributed by atoms with Crippen LogP contribution in [0.2, 0.25) is 0 Å². The van der Waals surface area contributed by atoms with E-state index in [0.717, 1.165) is 18.2 Å². The molecule has 0 saturated carbocycles. The van der Waals surface area contributed by atoms with Gasteiger partial charge in [0.1, 0.15) is 10.7 Å². The summed E-state index contributed by atoms with van der Waals surface area (Å²) in [5.41, 5.74) is 5.29. The van der Waals surface area contributed by atoms with Gasteiger partial charge in [0.25, 0.3) is 0 Å². The normalized spacial score (nSPS) is 10.6. The second kappa shape index (κ2) is 4.96. The largest absolute Gasteiger partial charge is 0.398 e. The highest BCUT2D eigenvalue weighted by molar-refractivity contribution is 7.89. The van der Waals surface area contributed by atoms with Crippen LogP contribution in [0.4, 0.5) is 10.1 Å². The molecule has 3 N–H and O–H groups in total. The first kappa shape index (κ1) is 12.5. The van der Waals surface area contributed by atoms with Crippen LogP contribution in [0.25, 0.3) is 0 Å². The van der Waals surface area contributed by atoms with Gasteiger partial charge in [-0.25, -0.2) is 12.8 Å². The number of sulfonamides is 1. The van der Waals surface area contributed by atoms with Crippen molar-refractivity contribution in [3.8, 4) is 11.8 Å². The van der Waals surface area contributed by atoms with E-state index in [2.05, 4.69) is 16.6 Å². The number of hydrogen-bond acceptors (Lipinski definition) is 3. The lowest BCUT2D eigenvalue weighted by Gasteiger charge is -2.06. The summed E-state index contributed by atoms with van der Waals surface area (Å²) in [5, 5.41) is 0. The van der Waals surface area contributed by atoms with Crippen LogP contribution in [0.15, 0.2) is 23.1 Å². The van der Waals surface area contributed by atoms with Gasteiger partial charge in [-0.05, 0) is 25.1 Å². The number of nitrogens with one attached hydrogen (secondary N) is 1. The van der Waals surface area contributed by atoms with Crippen LogP contribution in [-0.4, -0.2) is 15.0 Å². The molecule has 0 aliphatic carbocycles. The Morgan fingerprint density at radius 3 is 2.75 bits per heavy atom. The summed E-state index contributed by atoms with van der Waals surface area (Å²) in [6, 6.07) is 3.11. The summed E-state index contributed by atoms with van der Waals surface area (Å²) in [5.74, 6) is 4.52. The number of nitrogen functional groups attached to an aromatic ring is 1. The summed E-state index contributed by atoms with van der Waals surface area (Å²) in [6.07, 6.45) is 0. The predicted octanol–water partition coefficient (Wildman–Crippen LogP) is 0.710. The van der Waals surface area contributed by atoms with Crippen molar-refractivity contribution in [2.75, 3.05) is 12.3 Å². The maximum Gasteiger partial charge on any atom is 0.243 e. The second-order valence-electron chi connectivity index (χ2n) is 2.93. The predicted molar refractivity (Wildman–Crippen MR) is 59.5 cm³/mol. The molecule has 4 nitrogen and oxygen atoms in total. The number of halogens is 1. The SMILES string of the molecule is CC#CCNS(=O)(=O)c1ccc(F)cc1N. The molecule has 86 valence electrons. The first-order chi connectivity index (χ1) is 7.47. The van der Waals surface area contributed by atoms with E-state index in [1.807, 2.05) is 0 Å². The van der Waals surface area contributed by atoms with Crippen LogP contribution >= 0.6 is 0 Å². The Labute approximate surface area is 93.7 Å².